The van der Waals surface area contributed by atoms with Gasteiger partial charge in [0.15, 0.2) is 0 Å². The molecule has 7 heteroatoms. The highest BCUT2D eigenvalue weighted by atomic mass is 19.1. The molecule has 3 unspecified atom stereocenters. The SMILES string of the molecule is C[C@]12CCC3c4ccc(C(=O)NCC5(OC(=O)O)CC5)cc4CCC3C1CC=C2c1cncc(F)c1. The summed E-state index contributed by atoms with van der Waals surface area (Å²) in [6.07, 6.45) is 10.5. The first kappa shape index (κ1) is 23.2. The van der Waals surface area contributed by atoms with Crippen molar-refractivity contribution >= 4 is 17.6 Å². The summed E-state index contributed by atoms with van der Waals surface area (Å²) in [4.78, 5) is 27.8. The normalized spacial score (nSPS) is 29.3. The van der Waals surface area contributed by atoms with Crippen LogP contribution in [0.2, 0.25) is 0 Å². The Morgan fingerprint density at radius 2 is 2.03 bits per heavy atom. The summed E-state index contributed by atoms with van der Waals surface area (Å²) in [7, 11) is 0. The Morgan fingerprint density at radius 3 is 2.78 bits per heavy atom. The molecule has 6 rings (SSSR count). The second-order valence-electron chi connectivity index (χ2n) is 11.3. The van der Waals surface area contributed by atoms with Crippen LogP contribution in [0.15, 0.2) is 42.7 Å². The summed E-state index contributed by atoms with van der Waals surface area (Å²) in [5.74, 6) is 1.08. The van der Waals surface area contributed by atoms with Crippen LogP contribution in [0, 0.1) is 23.1 Å². The summed E-state index contributed by atoms with van der Waals surface area (Å²) in [5.41, 5.74) is 4.65. The van der Waals surface area contributed by atoms with Gasteiger partial charge in [-0.05, 0) is 109 Å². The summed E-state index contributed by atoms with van der Waals surface area (Å²) >= 11 is 0. The van der Waals surface area contributed by atoms with Crippen LogP contribution in [0.1, 0.15) is 78.4 Å². The second kappa shape index (κ2) is 8.43. The number of nitrogens with one attached hydrogen (secondary N) is 1. The molecule has 2 N–H and O–H groups in total. The van der Waals surface area contributed by atoms with E-state index in [2.05, 4.69) is 29.4 Å². The number of hydrogen-bond acceptors (Lipinski definition) is 4. The Labute approximate surface area is 210 Å². The number of rotatable bonds is 5. The van der Waals surface area contributed by atoms with Crippen LogP contribution in [0.25, 0.3) is 5.57 Å². The van der Waals surface area contributed by atoms with Gasteiger partial charge in [-0.15, -0.1) is 0 Å². The number of nitrogens with zero attached hydrogens (tertiary/aromatic N) is 1. The molecule has 4 atom stereocenters. The van der Waals surface area contributed by atoms with E-state index < -0.39 is 11.8 Å². The molecule has 1 heterocycles. The number of allylic oxidation sites excluding steroid dienone is 2. The fourth-order valence-electron chi connectivity index (χ4n) is 7.28. The first-order valence-electron chi connectivity index (χ1n) is 12.9. The number of pyridine rings is 1. The molecule has 0 bridgehead atoms. The highest BCUT2D eigenvalue weighted by Crippen LogP contribution is 2.63. The molecule has 1 aromatic carbocycles. The molecule has 2 aromatic rings. The van der Waals surface area contributed by atoms with Crippen molar-refractivity contribution in [3.05, 3.63) is 70.8 Å². The maximum absolute atomic E-state index is 13.9. The molecule has 188 valence electrons. The standard InChI is InChI=1S/C29H31FN2O4/c1-28-9-8-22-21-4-3-18(26(33)32-16-29(10-11-29)36-27(34)35)12-17(21)2-5-23(22)25(28)7-6-24(28)19-13-20(30)15-31-14-19/h3-4,6,12-15,22-23,25H,2,5,7-11,16H2,1H3,(H,32,33)(H,34,35)/t22?,23?,25?,28-/m1/s1. The number of amides is 1. The molecule has 6 nitrogen and oxygen atoms in total. The lowest BCUT2D eigenvalue weighted by Crippen LogP contribution is -2.41. The molecule has 1 aromatic heterocycles. The van der Waals surface area contributed by atoms with E-state index >= 15 is 0 Å². The second-order valence-corrected chi connectivity index (χ2v) is 11.3. The van der Waals surface area contributed by atoms with Gasteiger partial charge in [0.1, 0.15) is 11.4 Å². The van der Waals surface area contributed by atoms with E-state index in [-0.39, 0.29) is 23.7 Å². The van der Waals surface area contributed by atoms with Crippen LogP contribution in [-0.2, 0) is 11.2 Å². The van der Waals surface area contributed by atoms with Crippen LogP contribution < -0.4 is 5.32 Å². The average Bonchev–Trinajstić information content (AvgIpc) is 3.52. The quantitative estimate of drug-likeness (QED) is 0.523. The minimum atomic E-state index is -1.30. The summed E-state index contributed by atoms with van der Waals surface area (Å²) in [6, 6.07) is 7.66. The first-order chi connectivity index (χ1) is 17.3. The van der Waals surface area contributed by atoms with E-state index in [1.165, 1.54) is 22.9 Å². The van der Waals surface area contributed by atoms with Crippen LogP contribution in [-0.4, -0.2) is 34.3 Å². The third-order valence-corrected chi connectivity index (χ3v) is 9.27. The minimum absolute atomic E-state index is 0.0325. The third kappa shape index (κ3) is 3.89. The van der Waals surface area contributed by atoms with Gasteiger partial charge in [0.25, 0.3) is 5.91 Å². The van der Waals surface area contributed by atoms with Gasteiger partial charge < -0.3 is 15.2 Å². The third-order valence-electron chi connectivity index (χ3n) is 9.27. The van der Waals surface area contributed by atoms with Crippen molar-refractivity contribution < 1.29 is 23.8 Å². The Kier molecular flexibility index (Phi) is 5.43. The zero-order chi connectivity index (χ0) is 25.1. The fraction of sp³-hybridized carbons (Fsp3) is 0.483. The number of halogens is 1. The van der Waals surface area contributed by atoms with Gasteiger partial charge in [-0.1, -0.05) is 19.1 Å². The number of hydrogen-bond donors (Lipinski definition) is 2. The van der Waals surface area contributed by atoms with E-state index in [1.807, 2.05) is 12.1 Å². The van der Waals surface area contributed by atoms with E-state index in [0.29, 0.717) is 36.2 Å². The molecule has 2 saturated carbocycles. The van der Waals surface area contributed by atoms with Crippen molar-refractivity contribution in [1.82, 2.24) is 10.3 Å². The topological polar surface area (TPSA) is 88.5 Å². The number of carbonyl (C=O) groups is 2. The molecule has 4 aliphatic carbocycles. The monoisotopic (exact) mass is 490 g/mol. The zero-order valence-electron chi connectivity index (χ0n) is 20.4. The van der Waals surface area contributed by atoms with Crippen LogP contribution >= 0.6 is 0 Å². The lowest BCUT2D eigenvalue weighted by molar-refractivity contribution is 0.0381. The summed E-state index contributed by atoms with van der Waals surface area (Å²) < 4.78 is 18.8. The van der Waals surface area contributed by atoms with E-state index in [1.54, 1.807) is 12.3 Å². The number of benzene rings is 1. The minimum Gasteiger partial charge on any atom is -0.450 e. The Bertz CT molecular complexity index is 1270. The Hall–Kier alpha value is -3.22. The van der Waals surface area contributed by atoms with Gasteiger partial charge in [0.05, 0.1) is 12.7 Å². The summed E-state index contributed by atoms with van der Waals surface area (Å²) in [6.45, 7) is 2.55. The van der Waals surface area contributed by atoms with Crippen molar-refractivity contribution in [3.63, 3.8) is 0 Å². The Balaban J connectivity index is 1.17. The van der Waals surface area contributed by atoms with Crippen molar-refractivity contribution in [1.29, 1.82) is 0 Å². The molecule has 0 radical (unpaired) electrons. The molecule has 0 spiro atoms. The molecule has 4 aliphatic rings. The number of fused-ring (bicyclic) bond motifs is 5. The molecule has 36 heavy (non-hydrogen) atoms. The van der Waals surface area contributed by atoms with Gasteiger partial charge in [0, 0.05) is 11.8 Å². The average molecular weight is 491 g/mol. The Morgan fingerprint density at radius 1 is 1.19 bits per heavy atom. The number of aromatic nitrogens is 1. The van der Waals surface area contributed by atoms with Gasteiger partial charge in [-0.3, -0.25) is 9.78 Å². The molecule has 0 aliphatic heterocycles. The smallest absolute Gasteiger partial charge is 0.450 e. The van der Waals surface area contributed by atoms with Crippen molar-refractivity contribution in [3.8, 4) is 0 Å². The fourth-order valence-corrected chi connectivity index (χ4v) is 7.28. The molecular weight excluding hydrogens is 459 g/mol. The lowest BCUT2D eigenvalue weighted by Gasteiger charge is -2.50. The highest BCUT2D eigenvalue weighted by Gasteiger charge is 2.52. The number of aryl methyl sites for hydroxylation is 1. The summed E-state index contributed by atoms with van der Waals surface area (Å²) in [5, 5.41) is 11.8. The van der Waals surface area contributed by atoms with E-state index in [4.69, 9.17) is 9.84 Å². The van der Waals surface area contributed by atoms with Crippen molar-refractivity contribution in [2.45, 2.75) is 63.4 Å². The van der Waals surface area contributed by atoms with Gasteiger partial charge >= 0.3 is 6.16 Å². The van der Waals surface area contributed by atoms with Crippen molar-refractivity contribution in [2.24, 2.45) is 17.3 Å². The molecule has 1 amide bonds. The van der Waals surface area contributed by atoms with Gasteiger partial charge in [0.2, 0.25) is 0 Å². The maximum Gasteiger partial charge on any atom is 0.506 e. The van der Waals surface area contributed by atoms with Gasteiger partial charge in [-0.25, -0.2) is 9.18 Å². The van der Waals surface area contributed by atoms with Crippen LogP contribution in [0.4, 0.5) is 9.18 Å². The number of ether oxygens (including phenoxy) is 1. The zero-order valence-corrected chi connectivity index (χ0v) is 20.4. The van der Waals surface area contributed by atoms with E-state index in [9.17, 15) is 14.0 Å². The number of carboxylic acid groups (broad SMARTS) is 1. The van der Waals surface area contributed by atoms with Crippen LogP contribution in [0.3, 0.4) is 0 Å². The predicted octanol–water partition coefficient (Wildman–Crippen LogP) is 5.73. The van der Waals surface area contributed by atoms with E-state index in [0.717, 1.165) is 37.7 Å². The molecular formula is C29H31FN2O4. The predicted molar refractivity (Wildman–Crippen MR) is 132 cm³/mol. The number of carbonyl (C=O) groups excluding carboxylic acids is 1. The molecule has 0 saturated heterocycles. The van der Waals surface area contributed by atoms with Crippen LogP contribution in [0.5, 0.6) is 0 Å². The maximum atomic E-state index is 13.9. The van der Waals surface area contributed by atoms with Gasteiger partial charge in [-0.2, -0.15) is 0 Å². The van der Waals surface area contributed by atoms with Crippen molar-refractivity contribution in [2.75, 3.05) is 6.54 Å². The first-order valence-corrected chi connectivity index (χ1v) is 12.9. The highest BCUT2D eigenvalue weighted by molar-refractivity contribution is 5.94. The largest absolute Gasteiger partial charge is 0.506 e. The molecule has 2 fully saturated rings. The lowest BCUT2D eigenvalue weighted by atomic mass is 9.54.